The number of benzene rings is 2. The average Bonchev–Trinajstić information content (AvgIpc) is 2.48. The monoisotopic (exact) mass is 391 g/mol. The molecule has 0 radical (unpaired) electrons. The number of hydrogen-bond donors (Lipinski definition) is 3. The van der Waals surface area contributed by atoms with Crippen LogP contribution in [0.2, 0.25) is 20.1 Å². The van der Waals surface area contributed by atoms with Gasteiger partial charge in [-0.25, -0.2) is 10.2 Å². The van der Waals surface area contributed by atoms with Crippen LogP contribution in [-0.4, -0.2) is 11.9 Å². The molecule has 9 heteroatoms. The summed E-state index contributed by atoms with van der Waals surface area (Å²) in [7, 11) is 0. The Hall–Kier alpha value is -1.66. The summed E-state index contributed by atoms with van der Waals surface area (Å²) in [6, 6.07) is 8.25. The van der Waals surface area contributed by atoms with Crippen molar-refractivity contribution in [1.29, 1.82) is 0 Å². The molecule has 0 aliphatic rings. The van der Waals surface area contributed by atoms with E-state index in [-0.39, 0.29) is 10.6 Å². The van der Waals surface area contributed by atoms with Crippen molar-refractivity contribution in [3.63, 3.8) is 0 Å². The molecule has 0 aromatic heterocycles. The summed E-state index contributed by atoms with van der Waals surface area (Å²) < 4.78 is 0. The third kappa shape index (κ3) is 4.91. The van der Waals surface area contributed by atoms with Crippen LogP contribution in [0.1, 0.15) is 10.4 Å². The second kappa shape index (κ2) is 7.75. The molecule has 3 amide bonds. The van der Waals surface area contributed by atoms with E-state index < -0.39 is 11.9 Å². The van der Waals surface area contributed by atoms with E-state index >= 15 is 0 Å². The smallest absolute Gasteiger partial charge is 0.305 e. The van der Waals surface area contributed by atoms with Crippen LogP contribution in [0.15, 0.2) is 36.4 Å². The summed E-state index contributed by atoms with van der Waals surface area (Å²) in [5.41, 5.74) is 4.85. The molecule has 2 aromatic rings. The van der Waals surface area contributed by atoms with Gasteiger partial charge in [0.2, 0.25) is 0 Å². The minimum atomic E-state index is -0.701. The molecular formula is C14H9Cl4N3O2. The van der Waals surface area contributed by atoms with E-state index in [9.17, 15) is 9.59 Å². The number of carbonyl (C=O) groups is 2. The first-order chi connectivity index (χ1) is 10.9. The molecule has 3 N–H and O–H groups in total. The Labute approximate surface area is 151 Å². The van der Waals surface area contributed by atoms with Gasteiger partial charge in [0, 0.05) is 10.0 Å². The van der Waals surface area contributed by atoms with Crippen molar-refractivity contribution in [3.8, 4) is 0 Å². The Morgan fingerprint density at radius 1 is 0.783 bits per heavy atom. The van der Waals surface area contributed by atoms with Crippen LogP contribution in [0.3, 0.4) is 0 Å². The molecule has 5 nitrogen and oxygen atoms in total. The zero-order valence-electron chi connectivity index (χ0n) is 11.3. The van der Waals surface area contributed by atoms with Gasteiger partial charge in [0.05, 0.1) is 21.3 Å². The first-order valence-electron chi connectivity index (χ1n) is 6.14. The molecule has 120 valence electrons. The van der Waals surface area contributed by atoms with Crippen LogP contribution in [0.4, 0.5) is 10.5 Å². The highest BCUT2D eigenvalue weighted by Crippen LogP contribution is 2.25. The number of anilines is 1. The summed E-state index contributed by atoms with van der Waals surface area (Å²) in [4.78, 5) is 23.7. The highest BCUT2D eigenvalue weighted by atomic mass is 35.5. The second-order valence-corrected chi connectivity index (χ2v) is 5.97. The van der Waals surface area contributed by atoms with Gasteiger partial charge < -0.3 is 5.32 Å². The van der Waals surface area contributed by atoms with E-state index in [4.69, 9.17) is 46.4 Å². The van der Waals surface area contributed by atoms with Gasteiger partial charge >= 0.3 is 6.03 Å². The lowest BCUT2D eigenvalue weighted by Gasteiger charge is -2.11. The molecule has 23 heavy (non-hydrogen) atoms. The van der Waals surface area contributed by atoms with Crippen molar-refractivity contribution in [2.24, 2.45) is 0 Å². The predicted octanol–water partition coefficient (Wildman–Crippen LogP) is 4.77. The lowest BCUT2D eigenvalue weighted by atomic mass is 10.2. The number of halogens is 4. The molecule has 0 atom stereocenters. The maximum absolute atomic E-state index is 11.9. The number of hydrogen-bond acceptors (Lipinski definition) is 2. The van der Waals surface area contributed by atoms with Gasteiger partial charge in [-0.05, 0) is 36.4 Å². The summed E-state index contributed by atoms with van der Waals surface area (Å²) in [6.45, 7) is 0. The van der Waals surface area contributed by atoms with Gasteiger partial charge in [-0.15, -0.1) is 0 Å². The highest BCUT2D eigenvalue weighted by Gasteiger charge is 2.12. The quantitative estimate of drug-likeness (QED) is 0.644. The molecule has 2 rings (SSSR count). The third-order valence-corrected chi connectivity index (χ3v) is 3.75. The lowest BCUT2D eigenvalue weighted by molar-refractivity contribution is 0.0938. The lowest BCUT2D eigenvalue weighted by Crippen LogP contribution is -2.44. The predicted molar refractivity (Wildman–Crippen MR) is 92.5 cm³/mol. The topological polar surface area (TPSA) is 70.2 Å². The van der Waals surface area contributed by atoms with Crippen LogP contribution in [0.5, 0.6) is 0 Å². The SMILES string of the molecule is O=C(NNC(=O)c1ccc(Cl)cc1Cl)Nc1cc(Cl)ccc1Cl. The van der Waals surface area contributed by atoms with E-state index in [0.29, 0.717) is 20.8 Å². The number of amides is 3. The highest BCUT2D eigenvalue weighted by molar-refractivity contribution is 6.37. The van der Waals surface area contributed by atoms with E-state index in [1.54, 1.807) is 6.07 Å². The minimum absolute atomic E-state index is 0.162. The molecule has 2 aromatic carbocycles. The summed E-state index contributed by atoms with van der Waals surface area (Å²) in [5, 5.41) is 3.71. The number of nitrogens with one attached hydrogen (secondary N) is 3. The van der Waals surface area contributed by atoms with Crippen molar-refractivity contribution in [2.75, 3.05) is 5.32 Å². The summed E-state index contributed by atoms with van der Waals surface area (Å²) >= 11 is 23.4. The molecule has 0 fully saturated rings. The van der Waals surface area contributed by atoms with Gasteiger partial charge in [0.15, 0.2) is 0 Å². The zero-order chi connectivity index (χ0) is 17.0. The molecule has 0 spiro atoms. The molecule has 0 aliphatic heterocycles. The fourth-order valence-electron chi connectivity index (χ4n) is 1.60. The summed E-state index contributed by atoms with van der Waals surface area (Å²) in [6.07, 6.45) is 0. The standard InChI is InChI=1S/C14H9Cl4N3O2/c15-7-1-3-9(11(18)5-7)13(22)20-21-14(23)19-12-6-8(16)2-4-10(12)17/h1-6H,(H,20,22)(H2,19,21,23). The molecular weight excluding hydrogens is 384 g/mol. The van der Waals surface area contributed by atoms with Crippen LogP contribution < -0.4 is 16.2 Å². The maximum Gasteiger partial charge on any atom is 0.337 e. The largest absolute Gasteiger partial charge is 0.337 e. The number of urea groups is 1. The fraction of sp³-hybridized carbons (Fsp3) is 0. The first kappa shape index (κ1) is 17.7. The van der Waals surface area contributed by atoms with Crippen LogP contribution in [0.25, 0.3) is 0 Å². The molecule has 0 saturated heterocycles. The first-order valence-corrected chi connectivity index (χ1v) is 7.65. The van der Waals surface area contributed by atoms with Gasteiger partial charge in [0.25, 0.3) is 5.91 Å². The van der Waals surface area contributed by atoms with Gasteiger partial charge in [-0.2, -0.15) is 0 Å². The number of hydrazine groups is 1. The molecule has 0 aliphatic carbocycles. The Morgan fingerprint density at radius 3 is 2.13 bits per heavy atom. The van der Waals surface area contributed by atoms with Crippen LogP contribution in [0, 0.1) is 0 Å². The van der Waals surface area contributed by atoms with E-state index in [1.165, 1.54) is 30.3 Å². The minimum Gasteiger partial charge on any atom is -0.305 e. The van der Waals surface area contributed by atoms with E-state index in [2.05, 4.69) is 16.2 Å². The van der Waals surface area contributed by atoms with Gasteiger partial charge in [-0.1, -0.05) is 46.4 Å². The molecule has 0 unspecified atom stereocenters. The second-order valence-electron chi connectivity index (χ2n) is 4.28. The number of rotatable bonds is 2. The Morgan fingerprint density at radius 2 is 1.43 bits per heavy atom. The van der Waals surface area contributed by atoms with Crippen molar-refractivity contribution in [2.45, 2.75) is 0 Å². The Kier molecular flexibility index (Phi) is 5.96. The van der Waals surface area contributed by atoms with Crippen LogP contribution >= 0.6 is 46.4 Å². The van der Waals surface area contributed by atoms with Crippen molar-refractivity contribution in [1.82, 2.24) is 10.9 Å². The molecule has 0 heterocycles. The molecule has 0 bridgehead atoms. The number of carbonyl (C=O) groups excluding carboxylic acids is 2. The van der Waals surface area contributed by atoms with Crippen molar-refractivity contribution < 1.29 is 9.59 Å². The normalized spacial score (nSPS) is 10.1. The van der Waals surface area contributed by atoms with E-state index in [0.717, 1.165) is 0 Å². The molecule has 0 saturated carbocycles. The Balaban J connectivity index is 1.96. The van der Waals surface area contributed by atoms with Crippen molar-refractivity contribution >= 4 is 64.0 Å². The Bertz CT molecular complexity index is 768. The van der Waals surface area contributed by atoms with Crippen LogP contribution in [-0.2, 0) is 0 Å². The van der Waals surface area contributed by atoms with Gasteiger partial charge in [0.1, 0.15) is 0 Å². The van der Waals surface area contributed by atoms with Crippen molar-refractivity contribution in [3.05, 3.63) is 62.1 Å². The average molecular weight is 393 g/mol. The fourth-order valence-corrected chi connectivity index (χ4v) is 2.43. The third-order valence-electron chi connectivity index (χ3n) is 2.64. The zero-order valence-corrected chi connectivity index (χ0v) is 14.3. The van der Waals surface area contributed by atoms with E-state index in [1.807, 2.05) is 0 Å². The van der Waals surface area contributed by atoms with Gasteiger partial charge in [-0.3, -0.25) is 10.2 Å². The maximum atomic E-state index is 11.9. The summed E-state index contributed by atoms with van der Waals surface area (Å²) in [5.74, 6) is -0.598.